The van der Waals surface area contributed by atoms with Crippen LogP contribution in [0.5, 0.6) is 0 Å². The molecule has 0 rings (SSSR count). The van der Waals surface area contributed by atoms with Crippen molar-refractivity contribution in [3.63, 3.8) is 0 Å². The van der Waals surface area contributed by atoms with E-state index in [2.05, 4.69) is 0 Å². The Hall–Kier alpha value is 3.30. The first kappa shape index (κ1) is 40.6. The number of hydrogen-bond acceptors (Lipinski definition) is 0. The zero-order chi connectivity index (χ0) is 0. The van der Waals surface area contributed by atoms with Crippen LogP contribution in [0.15, 0.2) is 0 Å². The molecule has 0 N–H and O–H groups in total. The summed E-state index contributed by atoms with van der Waals surface area (Å²) in [6.07, 6.45) is 0. The van der Waals surface area contributed by atoms with Gasteiger partial charge in [0.1, 0.15) is 0 Å². The van der Waals surface area contributed by atoms with Gasteiger partial charge in [0.15, 0.2) is 0 Å². The molecular formula is AuCdCuNiZn. The van der Waals surface area contributed by atoms with Gasteiger partial charge in [0.25, 0.3) is 0 Å². The third kappa shape index (κ3) is 18.8. The predicted molar refractivity (Wildman–Crippen MR) is 0 cm³/mol. The van der Waals surface area contributed by atoms with Crippen LogP contribution in [0.1, 0.15) is 0 Å². The van der Waals surface area contributed by atoms with E-state index in [0.717, 1.165) is 0 Å². The number of rotatable bonds is 0. The molecule has 0 nitrogen and oxygen atoms in total. The average Bonchev–Trinajstić information content (AvgIpc) is 0. The van der Waals surface area contributed by atoms with Crippen LogP contribution >= 0.6 is 0 Å². The molecule has 0 heterocycles. The van der Waals surface area contributed by atoms with Crippen molar-refractivity contribution in [2.45, 2.75) is 0 Å². The van der Waals surface area contributed by atoms with Gasteiger partial charge in [-0.25, -0.2) is 0 Å². The van der Waals surface area contributed by atoms with Crippen LogP contribution < -0.4 is 0 Å². The molecule has 2 radical (unpaired) electrons. The quantitative estimate of drug-likeness (QED) is 0.414. The molecule has 0 aliphatic carbocycles. The van der Waals surface area contributed by atoms with Gasteiger partial charge in [0.05, 0.1) is 0 Å². The van der Waals surface area contributed by atoms with E-state index in [1.54, 1.807) is 0 Å². The minimum atomic E-state index is 0. The third-order valence-corrected chi connectivity index (χ3v) is 0. The van der Waals surface area contributed by atoms with E-state index in [9.17, 15) is 0 Å². The van der Waals surface area contributed by atoms with Crippen LogP contribution in [-0.2, 0) is 103 Å². The van der Waals surface area contributed by atoms with Crippen molar-refractivity contribution in [2.75, 3.05) is 0 Å². The minimum Gasteiger partial charge on any atom is 0 e. The number of hydrogen-bond donors (Lipinski definition) is 0. The molecule has 0 aromatic heterocycles. The SMILES string of the molecule is [Au].[Cd].[Cu].[Ni].[Zn]. The second kappa shape index (κ2) is 26.6. The van der Waals surface area contributed by atoms with Gasteiger partial charge in [-0.2, -0.15) is 0 Å². The van der Waals surface area contributed by atoms with Crippen LogP contribution in [0.4, 0.5) is 0 Å². The molecule has 0 saturated heterocycles. The molecule has 0 unspecified atom stereocenters. The topological polar surface area (TPSA) is 0 Å². The third-order valence-electron chi connectivity index (χ3n) is 0. The molecular weight excluding hydrogens is 497 g/mol. The second-order valence-corrected chi connectivity index (χ2v) is 0. The summed E-state index contributed by atoms with van der Waals surface area (Å²) in [6, 6.07) is 0. The summed E-state index contributed by atoms with van der Waals surface area (Å²) in [5.41, 5.74) is 0. The van der Waals surface area contributed by atoms with Crippen LogP contribution in [0.25, 0.3) is 0 Å². The summed E-state index contributed by atoms with van der Waals surface area (Å²) in [5.74, 6) is 0. The molecule has 0 aromatic carbocycles. The van der Waals surface area contributed by atoms with Gasteiger partial charge in [-0.3, -0.25) is 0 Å². The van der Waals surface area contributed by atoms with Crippen molar-refractivity contribution in [3.8, 4) is 0 Å². The first-order valence-electron chi connectivity index (χ1n) is 0. The maximum absolute atomic E-state index is 0. The van der Waals surface area contributed by atoms with Crippen molar-refractivity contribution in [1.29, 1.82) is 0 Å². The van der Waals surface area contributed by atoms with E-state index in [0.29, 0.717) is 0 Å². The smallest absolute Gasteiger partial charge is 0 e. The Bertz CT molecular complexity index is 11.6. The van der Waals surface area contributed by atoms with Crippen molar-refractivity contribution in [1.82, 2.24) is 0 Å². The summed E-state index contributed by atoms with van der Waals surface area (Å²) in [4.78, 5) is 0. The first-order chi connectivity index (χ1) is 0. The summed E-state index contributed by atoms with van der Waals surface area (Å²) in [7, 11) is 0. The van der Waals surface area contributed by atoms with Crippen LogP contribution in [0, 0.1) is 0 Å². The van der Waals surface area contributed by atoms with E-state index in [-0.39, 0.29) is 103 Å². The molecule has 0 bridgehead atoms. The average molecular weight is 497 g/mol. The maximum atomic E-state index is 0. The Labute approximate surface area is 101 Å². The van der Waals surface area contributed by atoms with E-state index < -0.39 is 0 Å². The van der Waals surface area contributed by atoms with Crippen LogP contribution in [-0.4, -0.2) is 0 Å². The zero-order valence-electron chi connectivity index (χ0n) is 2.33. The summed E-state index contributed by atoms with van der Waals surface area (Å²) < 4.78 is 0. The normalized spacial score (nSPS) is 0. The van der Waals surface area contributed by atoms with Gasteiger partial charge < -0.3 is 0 Å². The Morgan fingerprint density at radius 1 is 1.00 bits per heavy atom. The van der Waals surface area contributed by atoms with Crippen LogP contribution in [0.3, 0.4) is 0 Å². The monoisotopic (exact) mass is 496 g/mol. The molecule has 0 fully saturated rings. The molecule has 0 atom stereocenters. The molecule has 0 saturated carbocycles. The fourth-order valence-corrected chi connectivity index (χ4v) is 0. The van der Waals surface area contributed by atoms with Crippen molar-refractivity contribution >= 4 is 0 Å². The molecule has 5 heteroatoms. The van der Waals surface area contributed by atoms with Crippen molar-refractivity contribution in [2.24, 2.45) is 0 Å². The van der Waals surface area contributed by atoms with Gasteiger partial charge in [-0.05, 0) is 0 Å². The minimum absolute atomic E-state index is 0. The fourth-order valence-electron chi connectivity index (χ4n) is 0. The summed E-state index contributed by atoms with van der Waals surface area (Å²) in [6.45, 7) is 0. The van der Waals surface area contributed by atoms with Crippen LogP contribution in [0.2, 0.25) is 0 Å². The van der Waals surface area contributed by atoms with Crippen molar-refractivity contribution in [3.05, 3.63) is 0 Å². The van der Waals surface area contributed by atoms with Gasteiger partial charge in [0, 0.05) is 103 Å². The molecule has 0 aromatic rings. The van der Waals surface area contributed by atoms with E-state index in [1.807, 2.05) is 0 Å². The predicted octanol–water partition coefficient (Wildman–Crippen LogP) is -0.0125. The molecule has 0 aliphatic heterocycles. The molecule has 36 valence electrons. The standard InChI is InChI=1S/Au.Cd.Cu.Ni.Zn. The molecule has 0 amide bonds. The largest absolute Gasteiger partial charge is 0 e. The van der Waals surface area contributed by atoms with E-state index >= 15 is 0 Å². The summed E-state index contributed by atoms with van der Waals surface area (Å²) >= 11 is 0. The van der Waals surface area contributed by atoms with Gasteiger partial charge in [-0.1, -0.05) is 0 Å². The first-order valence-corrected chi connectivity index (χ1v) is 0. The van der Waals surface area contributed by atoms with Gasteiger partial charge in [-0.15, -0.1) is 0 Å². The molecule has 0 spiro atoms. The molecule has 5 heavy (non-hydrogen) atoms. The van der Waals surface area contributed by atoms with Crippen molar-refractivity contribution < 1.29 is 103 Å². The Morgan fingerprint density at radius 2 is 1.00 bits per heavy atom. The summed E-state index contributed by atoms with van der Waals surface area (Å²) in [5, 5.41) is 0. The van der Waals surface area contributed by atoms with E-state index in [4.69, 9.17) is 0 Å². The second-order valence-electron chi connectivity index (χ2n) is 0. The molecule has 0 aliphatic rings. The Kier molecular flexibility index (Phi) is 216. The fraction of sp³-hybridized carbons (Fsp3) is 0. The Balaban J connectivity index is 0. The van der Waals surface area contributed by atoms with Gasteiger partial charge >= 0.3 is 0 Å². The zero-order valence-corrected chi connectivity index (χ0v) is 13.4. The van der Waals surface area contributed by atoms with Gasteiger partial charge in [0.2, 0.25) is 0 Å². The maximum Gasteiger partial charge on any atom is 0 e. The van der Waals surface area contributed by atoms with E-state index in [1.165, 1.54) is 0 Å². The Morgan fingerprint density at radius 3 is 1.00 bits per heavy atom.